The molecular weight excluding hydrogens is 965 g/mol. The predicted molar refractivity (Wildman–Crippen MR) is 263 cm³/mol. The van der Waals surface area contributed by atoms with E-state index in [0.29, 0.717) is 0 Å². The smallest absolute Gasteiger partial charge is 0.120 e. The van der Waals surface area contributed by atoms with Gasteiger partial charge in [-0.05, 0) is 88.0 Å². The number of hydrogen-bond donors (Lipinski definition) is 0. The molecule has 0 spiro atoms. The van der Waals surface area contributed by atoms with Crippen LogP contribution in [0.3, 0.4) is 0 Å². The minimum Gasteiger partial charge on any atom is -0.501 e. The molecule has 0 aliphatic rings. The van der Waals surface area contributed by atoms with Crippen molar-refractivity contribution in [3.05, 3.63) is 162 Å². The summed E-state index contributed by atoms with van der Waals surface area (Å²) in [5.74, 6) is 1.38. The molecule has 63 heavy (non-hydrogen) atoms. The minimum atomic E-state index is -1.37. The van der Waals surface area contributed by atoms with Crippen LogP contribution in [-0.4, -0.2) is 27.6 Å². The molecule has 5 nitrogen and oxygen atoms in total. The molecule has 0 saturated heterocycles. The Morgan fingerprint density at radius 2 is 1.40 bits per heavy atom. The molecule has 9 aromatic rings. The third-order valence-corrected chi connectivity index (χ3v) is 13.6. The normalized spacial score (nSPS) is 12.0. The van der Waals surface area contributed by atoms with E-state index in [2.05, 4.69) is 175 Å². The van der Waals surface area contributed by atoms with E-state index in [1.54, 1.807) is 0 Å². The number of aryl methyl sites for hydroxylation is 1. The zero-order chi connectivity index (χ0) is 43.9. The number of hydrogen-bond acceptors (Lipinski definition) is 4. The van der Waals surface area contributed by atoms with Crippen LogP contribution in [0.4, 0.5) is 0 Å². The summed E-state index contributed by atoms with van der Waals surface area (Å²) >= 11 is 0. The number of imidazole rings is 1. The Morgan fingerprint density at radius 1 is 0.714 bits per heavy atom. The summed E-state index contributed by atoms with van der Waals surface area (Å²) in [5, 5.41) is 3.64. The average molecular weight is 1020 g/mol. The molecular formula is C56H58IrN4OSi-2. The van der Waals surface area contributed by atoms with Crippen LogP contribution in [0.2, 0.25) is 19.6 Å². The second-order valence-electron chi connectivity index (χ2n) is 19.4. The molecule has 323 valence electrons. The number of nitrogens with zero attached hydrogens (tertiary/aromatic N) is 4. The standard InChI is InChI=1S/C37H32N3O.C19H26NSi.Ir/c1-22(2)30-19-26(25-12-7-6-8-13-25)20-31(23(3)4)35(30)40-33-18-24(5)38-21-32(33)39-37(40)29-16-11-15-28-27-14-9-10-17-34(27)41-36(28)29;1-19(2,3)13-16-12-17(15-10-8-7-9-11-15)20-14-18(16)21(4,5)6;/h6-15,17-23H,1-5H3;7-10,12,14H,13H2,1-6H3;/q2*-1;. The van der Waals surface area contributed by atoms with Gasteiger partial charge in [0.15, 0.2) is 0 Å². The van der Waals surface area contributed by atoms with Crippen molar-refractivity contribution in [3.63, 3.8) is 0 Å². The maximum absolute atomic E-state index is 6.48. The predicted octanol–water partition coefficient (Wildman–Crippen LogP) is 14.7. The SMILES string of the molecule is CC(C)(C)Cc1cc(-c2[c-]cccc2)ncc1[Si](C)(C)C.Cc1cc2c(cn1)nc(-c1[c-]ccc3c1oc1ccccc13)n2-c1c(C(C)C)cc(-c2ccccc2)cc1C(C)C.[Ir]. The van der Waals surface area contributed by atoms with Gasteiger partial charge < -0.3 is 14.0 Å². The van der Waals surface area contributed by atoms with Gasteiger partial charge in [0.2, 0.25) is 0 Å². The molecule has 7 heteroatoms. The fourth-order valence-corrected chi connectivity index (χ4v) is 10.1. The number of benzene rings is 5. The summed E-state index contributed by atoms with van der Waals surface area (Å²) in [7, 11) is -1.37. The van der Waals surface area contributed by atoms with Gasteiger partial charge in [0, 0.05) is 43.1 Å². The zero-order valence-electron chi connectivity index (χ0n) is 38.5. The van der Waals surface area contributed by atoms with Crippen molar-refractivity contribution in [2.75, 3.05) is 0 Å². The van der Waals surface area contributed by atoms with Gasteiger partial charge in [0.1, 0.15) is 5.58 Å². The Hall–Kier alpha value is -5.46. The molecule has 0 N–H and O–H groups in total. The molecule has 0 unspecified atom stereocenters. The van der Waals surface area contributed by atoms with Crippen molar-refractivity contribution in [1.29, 1.82) is 0 Å². The molecule has 1 radical (unpaired) electrons. The van der Waals surface area contributed by atoms with Gasteiger partial charge in [-0.3, -0.25) is 9.97 Å². The van der Waals surface area contributed by atoms with Gasteiger partial charge >= 0.3 is 0 Å². The Kier molecular flexibility index (Phi) is 13.3. The first-order chi connectivity index (χ1) is 29.6. The van der Waals surface area contributed by atoms with Gasteiger partial charge in [-0.2, -0.15) is 0 Å². The monoisotopic (exact) mass is 1020 g/mol. The summed E-state index contributed by atoms with van der Waals surface area (Å²) in [6.45, 7) is 25.2. The maximum Gasteiger partial charge on any atom is 0.120 e. The van der Waals surface area contributed by atoms with E-state index >= 15 is 0 Å². The molecule has 5 aromatic carbocycles. The van der Waals surface area contributed by atoms with E-state index in [1.807, 2.05) is 49.5 Å². The van der Waals surface area contributed by atoms with Gasteiger partial charge in [-0.1, -0.05) is 139 Å². The number of furan rings is 1. The van der Waals surface area contributed by atoms with Crippen LogP contribution in [0.15, 0.2) is 132 Å². The Morgan fingerprint density at radius 3 is 2.05 bits per heavy atom. The third kappa shape index (κ3) is 9.57. The fourth-order valence-electron chi connectivity index (χ4n) is 8.54. The second kappa shape index (κ2) is 18.3. The van der Waals surface area contributed by atoms with Crippen molar-refractivity contribution in [3.8, 4) is 39.5 Å². The van der Waals surface area contributed by atoms with E-state index in [0.717, 1.165) is 67.7 Å². The van der Waals surface area contributed by atoms with Crippen molar-refractivity contribution < 1.29 is 24.5 Å². The fraction of sp³-hybridized carbons (Fsp3) is 0.268. The van der Waals surface area contributed by atoms with Crippen LogP contribution < -0.4 is 5.19 Å². The van der Waals surface area contributed by atoms with Crippen molar-refractivity contribution >= 4 is 46.2 Å². The molecule has 0 fully saturated rings. The molecule has 0 bridgehead atoms. The molecule has 9 rings (SSSR count). The summed E-state index contributed by atoms with van der Waals surface area (Å²) in [6.07, 6.45) is 5.09. The summed E-state index contributed by atoms with van der Waals surface area (Å²) < 4.78 is 8.82. The Bertz CT molecular complexity index is 3000. The van der Waals surface area contributed by atoms with Crippen LogP contribution in [0.5, 0.6) is 0 Å². The summed E-state index contributed by atoms with van der Waals surface area (Å²) in [5.41, 5.74) is 15.4. The van der Waals surface area contributed by atoms with Crippen LogP contribution in [0.1, 0.15) is 82.7 Å². The van der Waals surface area contributed by atoms with Crippen LogP contribution in [0.25, 0.3) is 72.4 Å². The van der Waals surface area contributed by atoms with E-state index in [1.165, 1.54) is 38.7 Å². The topological polar surface area (TPSA) is 56.7 Å². The van der Waals surface area contributed by atoms with E-state index in [-0.39, 0.29) is 37.4 Å². The Balaban J connectivity index is 0.000000229. The number of para-hydroxylation sites is 1. The molecule has 0 amide bonds. The van der Waals surface area contributed by atoms with E-state index in [4.69, 9.17) is 14.4 Å². The first-order valence-corrected chi connectivity index (χ1v) is 25.4. The first-order valence-electron chi connectivity index (χ1n) is 21.9. The number of fused-ring (bicyclic) bond motifs is 4. The average Bonchev–Trinajstić information content (AvgIpc) is 3.81. The second-order valence-corrected chi connectivity index (χ2v) is 24.5. The molecule has 4 aromatic heterocycles. The van der Waals surface area contributed by atoms with Crippen molar-refractivity contribution in [1.82, 2.24) is 19.5 Å². The summed E-state index contributed by atoms with van der Waals surface area (Å²) in [4.78, 5) is 14.5. The summed E-state index contributed by atoms with van der Waals surface area (Å²) in [6, 6.07) is 46.9. The van der Waals surface area contributed by atoms with Crippen LogP contribution in [0, 0.1) is 24.5 Å². The zero-order valence-corrected chi connectivity index (χ0v) is 41.9. The maximum atomic E-state index is 6.48. The number of aromatic nitrogens is 4. The molecule has 0 aliphatic heterocycles. The molecule has 0 saturated carbocycles. The van der Waals surface area contributed by atoms with Gasteiger partial charge in [-0.25, -0.2) is 0 Å². The van der Waals surface area contributed by atoms with Crippen molar-refractivity contribution in [2.45, 2.75) is 93.3 Å². The van der Waals surface area contributed by atoms with Crippen molar-refractivity contribution in [2.24, 2.45) is 5.41 Å². The third-order valence-electron chi connectivity index (χ3n) is 11.5. The minimum absolute atomic E-state index is 0. The largest absolute Gasteiger partial charge is 0.501 e. The van der Waals surface area contributed by atoms with Gasteiger partial charge in [0.05, 0.1) is 36.7 Å². The van der Waals surface area contributed by atoms with Gasteiger partial charge in [0.25, 0.3) is 0 Å². The molecule has 4 heterocycles. The van der Waals surface area contributed by atoms with E-state index < -0.39 is 8.07 Å². The quantitative estimate of drug-likeness (QED) is 0.112. The Labute approximate surface area is 388 Å². The molecule has 0 atom stereocenters. The molecule has 0 aliphatic carbocycles. The van der Waals surface area contributed by atoms with Gasteiger partial charge in [-0.15, -0.1) is 54.1 Å². The number of pyridine rings is 2. The van der Waals surface area contributed by atoms with Crippen LogP contribution in [-0.2, 0) is 26.5 Å². The van der Waals surface area contributed by atoms with E-state index in [9.17, 15) is 0 Å². The van der Waals surface area contributed by atoms with Crippen LogP contribution >= 0.6 is 0 Å². The number of rotatable bonds is 8. The first kappa shape index (κ1) is 45.6.